The van der Waals surface area contributed by atoms with Crippen LogP contribution < -0.4 is 0 Å². The molecule has 0 atom stereocenters. The van der Waals surface area contributed by atoms with Crippen molar-refractivity contribution in [3.63, 3.8) is 0 Å². The van der Waals surface area contributed by atoms with Crippen molar-refractivity contribution < 1.29 is 19.1 Å². The number of hydrogen-bond donors (Lipinski definition) is 0. The van der Waals surface area contributed by atoms with E-state index in [0.717, 1.165) is 0 Å². The number of nitrogens with zero attached hydrogens (tertiary/aromatic N) is 2. The molecule has 1 aromatic heterocycles. The standard InChI is InChI=1S/C13H16Cl2N2O4/c1-20-6-5-17(4-3-11(18)21-2)13(19)9-7-10(14)12(15)16-8-9/h7-8H,3-6H2,1-2H3. The first-order valence-corrected chi connectivity index (χ1v) is 6.91. The number of amides is 1. The second kappa shape index (κ2) is 8.81. The van der Waals surface area contributed by atoms with Gasteiger partial charge in [-0.15, -0.1) is 0 Å². The lowest BCUT2D eigenvalue weighted by Gasteiger charge is -2.22. The molecule has 1 rings (SSSR count). The molecule has 0 radical (unpaired) electrons. The van der Waals surface area contributed by atoms with Crippen LogP contribution in [0.25, 0.3) is 0 Å². The van der Waals surface area contributed by atoms with Crippen LogP contribution >= 0.6 is 23.2 Å². The van der Waals surface area contributed by atoms with Gasteiger partial charge in [-0.05, 0) is 6.07 Å². The van der Waals surface area contributed by atoms with Gasteiger partial charge in [-0.25, -0.2) is 4.98 Å². The highest BCUT2D eigenvalue weighted by molar-refractivity contribution is 6.41. The van der Waals surface area contributed by atoms with Crippen molar-refractivity contribution in [2.24, 2.45) is 0 Å². The van der Waals surface area contributed by atoms with Gasteiger partial charge in [0.15, 0.2) is 0 Å². The van der Waals surface area contributed by atoms with E-state index in [1.54, 1.807) is 0 Å². The highest BCUT2D eigenvalue weighted by Gasteiger charge is 2.18. The maximum Gasteiger partial charge on any atom is 0.307 e. The molecule has 8 heteroatoms. The molecule has 0 aromatic carbocycles. The number of pyridine rings is 1. The van der Waals surface area contributed by atoms with Crippen LogP contribution in [0, 0.1) is 0 Å². The molecule has 21 heavy (non-hydrogen) atoms. The normalized spacial score (nSPS) is 10.3. The predicted molar refractivity (Wildman–Crippen MR) is 78.7 cm³/mol. The first kappa shape index (κ1) is 17.7. The van der Waals surface area contributed by atoms with Crippen molar-refractivity contribution >= 4 is 35.1 Å². The van der Waals surface area contributed by atoms with Gasteiger partial charge in [0.05, 0.1) is 30.7 Å². The third-order valence-electron chi connectivity index (χ3n) is 2.71. The molecule has 6 nitrogen and oxygen atoms in total. The highest BCUT2D eigenvalue weighted by atomic mass is 35.5. The zero-order valence-corrected chi connectivity index (χ0v) is 13.3. The molecule has 0 aliphatic rings. The minimum atomic E-state index is -0.391. The van der Waals surface area contributed by atoms with Crippen LogP contribution in [0.1, 0.15) is 16.8 Å². The second-order valence-electron chi connectivity index (χ2n) is 4.11. The monoisotopic (exact) mass is 334 g/mol. The molecule has 0 aliphatic heterocycles. The fourth-order valence-corrected chi connectivity index (χ4v) is 1.84. The van der Waals surface area contributed by atoms with E-state index >= 15 is 0 Å². The van der Waals surface area contributed by atoms with Gasteiger partial charge < -0.3 is 14.4 Å². The summed E-state index contributed by atoms with van der Waals surface area (Å²) in [7, 11) is 2.83. The number of aromatic nitrogens is 1. The summed E-state index contributed by atoms with van der Waals surface area (Å²) in [6, 6.07) is 1.44. The van der Waals surface area contributed by atoms with Gasteiger partial charge in [0, 0.05) is 26.4 Å². The average molecular weight is 335 g/mol. The summed E-state index contributed by atoms with van der Waals surface area (Å²) in [4.78, 5) is 28.9. The SMILES string of the molecule is COCCN(CCC(=O)OC)C(=O)c1cnc(Cl)c(Cl)c1. The molecule has 1 heterocycles. The minimum absolute atomic E-state index is 0.0979. The number of ether oxygens (including phenoxy) is 2. The molecule has 0 saturated carbocycles. The molecule has 1 amide bonds. The maximum atomic E-state index is 12.4. The minimum Gasteiger partial charge on any atom is -0.469 e. The molecular formula is C13H16Cl2N2O4. The van der Waals surface area contributed by atoms with Crippen LogP contribution in [0.15, 0.2) is 12.3 Å². The zero-order valence-electron chi connectivity index (χ0n) is 11.8. The maximum absolute atomic E-state index is 12.4. The first-order chi connectivity index (χ1) is 9.99. The molecule has 0 saturated heterocycles. The van der Waals surface area contributed by atoms with E-state index in [1.165, 1.54) is 31.4 Å². The van der Waals surface area contributed by atoms with Gasteiger partial charge in [-0.2, -0.15) is 0 Å². The van der Waals surface area contributed by atoms with E-state index < -0.39 is 5.97 Å². The molecule has 0 N–H and O–H groups in total. The molecule has 1 aromatic rings. The van der Waals surface area contributed by atoms with Gasteiger partial charge in [-0.1, -0.05) is 23.2 Å². The predicted octanol–water partition coefficient (Wildman–Crippen LogP) is 2.04. The van der Waals surface area contributed by atoms with Crippen LogP contribution in [-0.2, 0) is 14.3 Å². The van der Waals surface area contributed by atoms with Crippen molar-refractivity contribution in [3.8, 4) is 0 Å². The molecule has 0 spiro atoms. The summed E-state index contributed by atoms with van der Waals surface area (Å²) < 4.78 is 9.53. The third kappa shape index (κ3) is 5.49. The second-order valence-corrected chi connectivity index (χ2v) is 4.87. The summed E-state index contributed by atoms with van der Waals surface area (Å²) in [6.07, 6.45) is 1.44. The van der Waals surface area contributed by atoms with Gasteiger partial charge in [0.25, 0.3) is 5.91 Å². The van der Waals surface area contributed by atoms with Gasteiger partial charge >= 0.3 is 5.97 Å². The quantitative estimate of drug-likeness (QED) is 0.563. The van der Waals surface area contributed by atoms with Crippen LogP contribution in [0.5, 0.6) is 0 Å². The van der Waals surface area contributed by atoms with E-state index in [2.05, 4.69) is 9.72 Å². The highest BCUT2D eigenvalue weighted by Crippen LogP contribution is 2.20. The van der Waals surface area contributed by atoms with Crippen molar-refractivity contribution in [1.29, 1.82) is 0 Å². The van der Waals surface area contributed by atoms with E-state index in [1.807, 2.05) is 0 Å². The molecule has 0 aliphatic carbocycles. The number of carbonyl (C=O) groups is 2. The number of carbonyl (C=O) groups excluding carboxylic acids is 2. The summed E-state index contributed by atoms with van der Waals surface area (Å²) in [5.41, 5.74) is 0.297. The third-order valence-corrected chi connectivity index (χ3v) is 3.40. The summed E-state index contributed by atoms with van der Waals surface area (Å²) >= 11 is 11.6. The Labute approximate surface area is 132 Å². The van der Waals surface area contributed by atoms with Crippen LogP contribution in [0.4, 0.5) is 0 Å². The van der Waals surface area contributed by atoms with Gasteiger partial charge in [0.1, 0.15) is 5.15 Å². The Kier molecular flexibility index (Phi) is 7.42. The van der Waals surface area contributed by atoms with Crippen molar-refractivity contribution in [1.82, 2.24) is 9.88 Å². The summed E-state index contributed by atoms with van der Waals surface area (Å²) in [5.74, 6) is -0.695. The number of hydrogen-bond acceptors (Lipinski definition) is 5. The number of esters is 1. The van der Waals surface area contributed by atoms with E-state index in [-0.39, 0.29) is 29.0 Å². The Morgan fingerprint density at radius 2 is 2.00 bits per heavy atom. The van der Waals surface area contributed by atoms with Crippen molar-refractivity contribution in [3.05, 3.63) is 28.0 Å². The topological polar surface area (TPSA) is 68.7 Å². The Balaban J connectivity index is 2.82. The summed E-state index contributed by atoms with van der Waals surface area (Å²) in [5, 5.41) is 0.327. The van der Waals surface area contributed by atoms with E-state index in [0.29, 0.717) is 18.7 Å². The smallest absolute Gasteiger partial charge is 0.307 e. The number of methoxy groups -OCH3 is 2. The fraction of sp³-hybridized carbons (Fsp3) is 0.462. The lowest BCUT2D eigenvalue weighted by molar-refractivity contribution is -0.140. The van der Waals surface area contributed by atoms with Crippen molar-refractivity contribution in [2.45, 2.75) is 6.42 Å². The summed E-state index contributed by atoms with van der Waals surface area (Å²) in [6.45, 7) is 0.906. The van der Waals surface area contributed by atoms with Gasteiger partial charge in [0.2, 0.25) is 0 Å². The van der Waals surface area contributed by atoms with Crippen LogP contribution in [0.3, 0.4) is 0 Å². The Morgan fingerprint density at radius 3 is 2.57 bits per heavy atom. The van der Waals surface area contributed by atoms with Gasteiger partial charge in [-0.3, -0.25) is 9.59 Å². The lowest BCUT2D eigenvalue weighted by atomic mass is 10.2. The largest absolute Gasteiger partial charge is 0.469 e. The average Bonchev–Trinajstić information content (AvgIpc) is 2.49. The molecule has 0 bridgehead atoms. The Bertz CT molecular complexity index is 511. The fourth-order valence-electron chi connectivity index (χ4n) is 1.57. The molecular weight excluding hydrogens is 319 g/mol. The number of halogens is 2. The Hall–Kier alpha value is -1.37. The lowest BCUT2D eigenvalue weighted by Crippen LogP contribution is -2.35. The van der Waals surface area contributed by atoms with E-state index in [9.17, 15) is 9.59 Å². The number of rotatable bonds is 7. The van der Waals surface area contributed by atoms with Crippen LogP contribution in [0.2, 0.25) is 10.2 Å². The molecule has 0 unspecified atom stereocenters. The van der Waals surface area contributed by atoms with E-state index in [4.69, 9.17) is 27.9 Å². The van der Waals surface area contributed by atoms with Crippen molar-refractivity contribution in [2.75, 3.05) is 33.9 Å². The molecule has 116 valence electrons. The molecule has 0 fully saturated rings. The Morgan fingerprint density at radius 1 is 1.29 bits per heavy atom. The first-order valence-electron chi connectivity index (χ1n) is 6.15. The zero-order chi connectivity index (χ0) is 15.8. The van der Waals surface area contributed by atoms with Crippen LogP contribution in [-0.4, -0.2) is 55.7 Å².